The maximum absolute atomic E-state index is 12.3. The summed E-state index contributed by atoms with van der Waals surface area (Å²) >= 11 is 0. The van der Waals surface area contributed by atoms with Gasteiger partial charge in [-0.15, -0.1) is 12.4 Å². The summed E-state index contributed by atoms with van der Waals surface area (Å²) in [4.78, 5) is 12.3. The van der Waals surface area contributed by atoms with Gasteiger partial charge < -0.3 is 15.8 Å². The minimum absolute atomic E-state index is 0. The first-order valence-electron chi connectivity index (χ1n) is 8.20. The molecule has 2 aromatic carbocycles. The molecular weight excluding hydrogens is 336 g/mol. The number of carbonyl (C=O) groups is 1. The van der Waals surface area contributed by atoms with E-state index in [1.165, 1.54) is 5.56 Å². The molecule has 0 aliphatic carbocycles. The second-order valence-electron chi connectivity index (χ2n) is 6.32. The van der Waals surface area contributed by atoms with E-state index in [9.17, 15) is 4.79 Å². The van der Waals surface area contributed by atoms with Gasteiger partial charge in [0.2, 0.25) is 0 Å². The van der Waals surface area contributed by atoms with Crippen molar-refractivity contribution in [3.63, 3.8) is 0 Å². The summed E-state index contributed by atoms with van der Waals surface area (Å²) in [5, 5.41) is 2.89. The molecule has 2 rings (SSSR count). The zero-order valence-electron chi connectivity index (χ0n) is 15.2. The fraction of sp³-hybridized carbons (Fsp3) is 0.350. The monoisotopic (exact) mass is 362 g/mol. The van der Waals surface area contributed by atoms with Gasteiger partial charge in [-0.2, -0.15) is 0 Å². The van der Waals surface area contributed by atoms with Crippen LogP contribution in [0.3, 0.4) is 0 Å². The van der Waals surface area contributed by atoms with Gasteiger partial charge in [-0.05, 0) is 41.7 Å². The molecule has 0 spiro atoms. The summed E-state index contributed by atoms with van der Waals surface area (Å²) in [6.45, 7) is 6.64. The van der Waals surface area contributed by atoms with Crippen LogP contribution < -0.4 is 15.8 Å². The molecule has 0 aliphatic rings. The van der Waals surface area contributed by atoms with Gasteiger partial charge in [-0.3, -0.25) is 4.79 Å². The van der Waals surface area contributed by atoms with E-state index in [-0.39, 0.29) is 24.4 Å². The summed E-state index contributed by atoms with van der Waals surface area (Å²) in [5.74, 6) is 1.05. The number of amides is 1. The number of benzene rings is 2. The molecule has 25 heavy (non-hydrogen) atoms. The molecule has 1 atom stereocenters. The molecule has 0 aromatic heterocycles. The number of hydrogen-bond donors (Lipinski definition) is 2. The highest BCUT2D eigenvalue weighted by Gasteiger charge is 2.12. The standard InChI is InChI=1S/C20H26N2O2.ClH/c1-13(2)15-7-9-16(10-8-15)18(21)12-22-20(23)17-6-5-14(3)19(11-17)24-4;/h5-11,13,18H,12,21H2,1-4H3,(H,22,23);1H. The number of rotatable bonds is 6. The Labute approximate surface area is 156 Å². The molecule has 136 valence electrons. The minimum atomic E-state index is -0.234. The highest BCUT2D eigenvalue weighted by atomic mass is 35.5. The van der Waals surface area contributed by atoms with E-state index < -0.39 is 0 Å². The number of aryl methyl sites for hydroxylation is 1. The molecular formula is C20H27ClN2O2. The Morgan fingerprint density at radius 1 is 1.12 bits per heavy atom. The van der Waals surface area contributed by atoms with E-state index in [1.807, 2.05) is 25.1 Å². The van der Waals surface area contributed by atoms with Crippen molar-refractivity contribution in [3.8, 4) is 5.75 Å². The maximum Gasteiger partial charge on any atom is 0.251 e. The Bertz CT molecular complexity index is 699. The Balaban J connectivity index is 0.00000312. The van der Waals surface area contributed by atoms with Crippen LogP contribution in [0.15, 0.2) is 42.5 Å². The highest BCUT2D eigenvalue weighted by Crippen LogP contribution is 2.20. The highest BCUT2D eigenvalue weighted by molar-refractivity contribution is 5.94. The van der Waals surface area contributed by atoms with Crippen LogP contribution in [0.4, 0.5) is 0 Å². The largest absolute Gasteiger partial charge is 0.496 e. The predicted molar refractivity (Wildman–Crippen MR) is 105 cm³/mol. The van der Waals surface area contributed by atoms with Crippen molar-refractivity contribution in [2.24, 2.45) is 5.73 Å². The van der Waals surface area contributed by atoms with Gasteiger partial charge in [0, 0.05) is 18.2 Å². The number of methoxy groups -OCH3 is 1. The first kappa shape index (κ1) is 21.0. The molecule has 1 amide bonds. The van der Waals surface area contributed by atoms with E-state index in [2.05, 4.69) is 31.3 Å². The van der Waals surface area contributed by atoms with Crippen LogP contribution in [-0.4, -0.2) is 19.6 Å². The average Bonchev–Trinajstić information content (AvgIpc) is 2.59. The van der Waals surface area contributed by atoms with Gasteiger partial charge in [0.1, 0.15) is 5.75 Å². The van der Waals surface area contributed by atoms with Crippen molar-refractivity contribution in [1.82, 2.24) is 5.32 Å². The van der Waals surface area contributed by atoms with E-state index in [0.717, 1.165) is 11.1 Å². The number of hydrogen-bond acceptors (Lipinski definition) is 3. The number of carbonyl (C=O) groups excluding carboxylic acids is 1. The van der Waals surface area contributed by atoms with Gasteiger partial charge in [0.15, 0.2) is 0 Å². The molecule has 0 fully saturated rings. The lowest BCUT2D eigenvalue weighted by atomic mass is 9.99. The van der Waals surface area contributed by atoms with E-state index >= 15 is 0 Å². The van der Waals surface area contributed by atoms with Crippen LogP contribution in [0.25, 0.3) is 0 Å². The molecule has 2 aromatic rings. The normalized spacial score (nSPS) is 11.6. The zero-order chi connectivity index (χ0) is 17.7. The van der Waals surface area contributed by atoms with Crippen LogP contribution in [0.5, 0.6) is 5.75 Å². The Morgan fingerprint density at radius 3 is 2.28 bits per heavy atom. The Kier molecular flexibility index (Phi) is 7.94. The van der Waals surface area contributed by atoms with Crippen LogP contribution in [-0.2, 0) is 0 Å². The molecule has 0 aliphatic heterocycles. The number of ether oxygens (including phenoxy) is 1. The van der Waals surface area contributed by atoms with Gasteiger partial charge in [-0.25, -0.2) is 0 Å². The Hall–Kier alpha value is -2.04. The number of nitrogens with one attached hydrogen (secondary N) is 1. The van der Waals surface area contributed by atoms with Crippen molar-refractivity contribution in [2.75, 3.05) is 13.7 Å². The zero-order valence-corrected chi connectivity index (χ0v) is 16.0. The van der Waals surface area contributed by atoms with Crippen molar-refractivity contribution < 1.29 is 9.53 Å². The van der Waals surface area contributed by atoms with E-state index in [0.29, 0.717) is 23.8 Å². The summed E-state index contributed by atoms with van der Waals surface area (Å²) in [5.41, 5.74) is 10.0. The summed E-state index contributed by atoms with van der Waals surface area (Å²) in [6.07, 6.45) is 0. The lowest BCUT2D eigenvalue weighted by Gasteiger charge is -2.15. The van der Waals surface area contributed by atoms with Gasteiger partial charge in [0.25, 0.3) is 5.91 Å². The molecule has 1 unspecified atom stereocenters. The SMILES string of the molecule is COc1cc(C(=O)NCC(N)c2ccc(C(C)C)cc2)ccc1C.Cl. The van der Waals surface area contributed by atoms with Crippen molar-refractivity contribution in [2.45, 2.75) is 32.7 Å². The molecule has 5 heteroatoms. The van der Waals surface area contributed by atoms with Gasteiger partial charge >= 0.3 is 0 Å². The average molecular weight is 363 g/mol. The van der Waals surface area contributed by atoms with Crippen LogP contribution in [0.2, 0.25) is 0 Å². The quantitative estimate of drug-likeness (QED) is 0.816. The lowest BCUT2D eigenvalue weighted by molar-refractivity contribution is 0.0951. The number of nitrogens with two attached hydrogens (primary N) is 1. The first-order chi connectivity index (χ1) is 11.4. The van der Waals surface area contributed by atoms with Gasteiger partial charge in [-0.1, -0.05) is 44.2 Å². The van der Waals surface area contributed by atoms with Crippen LogP contribution >= 0.6 is 12.4 Å². The van der Waals surface area contributed by atoms with Crippen LogP contribution in [0, 0.1) is 6.92 Å². The van der Waals surface area contributed by atoms with E-state index in [4.69, 9.17) is 10.5 Å². The smallest absolute Gasteiger partial charge is 0.251 e. The third kappa shape index (κ3) is 5.48. The third-order valence-corrected chi connectivity index (χ3v) is 4.18. The summed E-state index contributed by atoms with van der Waals surface area (Å²) in [6, 6.07) is 13.4. The molecule has 0 radical (unpaired) electrons. The second-order valence-corrected chi connectivity index (χ2v) is 6.32. The molecule has 3 N–H and O–H groups in total. The maximum atomic E-state index is 12.3. The van der Waals surface area contributed by atoms with Crippen LogP contribution in [0.1, 0.15) is 52.9 Å². The lowest BCUT2D eigenvalue weighted by Crippen LogP contribution is -2.31. The molecule has 4 nitrogen and oxygen atoms in total. The first-order valence-corrected chi connectivity index (χ1v) is 8.20. The fourth-order valence-electron chi connectivity index (χ4n) is 2.51. The van der Waals surface area contributed by atoms with Crippen molar-refractivity contribution >= 4 is 18.3 Å². The van der Waals surface area contributed by atoms with Crippen molar-refractivity contribution in [1.29, 1.82) is 0 Å². The van der Waals surface area contributed by atoms with E-state index in [1.54, 1.807) is 19.2 Å². The molecule has 0 bridgehead atoms. The topological polar surface area (TPSA) is 64.3 Å². The summed E-state index contributed by atoms with van der Waals surface area (Å²) < 4.78 is 5.26. The fourth-order valence-corrected chi connectivity index (χ4v) is 2.51. The third-order valence-electron chi connectivity index (χ3n) is 4.18. The molecule has 0 heterocycles. The summed E-state index contributed by atoms with van der Waals surface area (Å²) in [7, 11) is 1.60. The molecule has 0 saturated heterocycles. The number of halogens is 1. The predicted octanol–water partition coefficient (Wildman–Crippen LogP) is 3.98. The second kappa shape index (κ2) is 9.44. The van der Waals surface area contributed by atoms with Gasteiger partial charge in [0.05, 0.1) is 7.11 Å². The molecule has 0 saturated carbocycles. The van der Waals surface area contributed by atoms with Crippen molar-refractivity contribution in [3.05, 3.63) is 64.7 Å². The minimum Gasteiger partial charge on any atom is -0.496 e. The Morgan fingerprint density at radius 2 is 1.72 bits per heavy atom.